The zero-order valence-electron chi connectivity index (χ0n) is 54.1. The van der Waals surface area contributed by atoms with Gasteiger partial charge in [-0.3, -0.25) is 0 Å². The lowest BCUT2D eigenvalue weighted by atomic mass is 9.75. The van der Waals surface area contributed by atoms with Crippen LogP contribution in [-0.2, 0) is 21.7 Å². The number of nitrogens with zero attached hydrogens (tertiary/aromatic N) is 2. The van der Waals surface area contributed by atoms with Crippen LogP contribution in [0.5, 0.6) is 0 Å². The number of hydrogen-bond donors (Lipinski definition) is 0. The first-order valence-electron chi connectivity index (χ1n) is 32.5. The van der Waals surface area contributed by atoms with E-state index in [0.29, 0.717) is 0 Å². The third-order valence-electron chi connectivity index (χ3n) is 20.0. The monoisotopic (exact) mass is 1190 g/mol. The second-order valence-electron chi connectivity index (χ2n) is 26.9. The SMILES string of the molecule is CC(C)(c1ccccc1)c1ccc(N(c2ccc(/C=C/c3ccc(N(c4ccc(C(C)(C)c5ccccc5)c5ccccc45)c4ccc(C(C)(C)c5ccccc5)c5ccccc45)cc3)cc2)c2ccc(C(C)(C)c3ccccc3)c3ccccc23)c2ccccc12. The van der Waals surface area contributed by atoms with Gasteiger partial charge in [0.15, 0.2) is 0 Å². The van der Waals surface area contributed by atoms with Crippen molar-refractivity contribution in [1.29, 1.82) is 0 Å². The summed E-state index contributed by atoms with van der Waals surface area (Å²) in [5.74, 6) is 0. The smallest absolute Gasteiger partial charge is 0.0540 e. The Kier molecular flexibility index (Phi) is 15.4. The molecule has 14 rings (SSSR count). The first-order valence-corrected chi connectivity index (χ1v) is 32.5. The molecule has 0 bridgehead atoms. The Balaban J connectivity index is 0.856. The highest BCUT2D eigenvalue weighted by atomic mass is 15.2. The molecule has 0 spiro atoms. The van der Waals surface area contributed by atoms with Gasteiger partial charge < -0.3 is 9.80 Å². The topological polar surface area (TPSA) is 6.48 Å². The summed E-state index contributed by atoms with van der Waals surface area (Å²) in [4.78, 5) is 4.98. The standard InChI is InChI=1S/C90H78N2/c1-87(2,65-29-13-9-14-30-65)79-55-59-83(75-41-25-21-37-71(75)79)91(84-60-56-80(72-38-22-26-42-76(72)84)88(3,4)66-31-15-10-16-32-66)69-51-47-63(48-52-69)45-46-64-49-53-70(54-50-64)92(85-61-57-81(73-39-23-27-43-77(73)85)89(5,6)67-33-17-11-18-34-67)86-62-58-82(74-40-24-28-44-78(74)86)90(7,8)68-35-19-12-20-36-68/h9-62H,1-8H3/b46-45+. The van der Waals surface area contributed by atoms with E-state index in [0.717, 1.165) is 45.3 Å². The summed E-state index contributed by atoms with van der Waals surface area (Å²) < 4.78 is 0. The van der Waals surface area contributed by atoms with Gasteiger partial charge in [-0.25, -0.2) is 0 Å². The quantitative estimate of drug-likeness (QED) is 0.0890. The molecule has 0 fully saturated rings. The third kappa shape index (κ3) is 10.6. The van der Waals surface area contributed by atoms with E-state index in [9.17, 15) is 0 Å². The van der Waals surface area contributed by atoms with Crippen molar-refractivity contribution < 1.29 is 0 Å². The van der Waals surface area contributed by atoms with Crippen LogP contribution in [0.2, 0.25) is 0 Å². The molecule has 0 N–H and O–H groups in total. The van der Waals surface area contributed by atoms with Crippen molar-refractivity contribution in [1.82, 2.24) is 0 Å². The number of fused-ring (bicyclic) bond motifs is 4. The largest absolute Gasteiger partial charge is 0.309 e. The molecule has 0 aliphatic heterocycles. The lowest BCUT2D eigenvalue weighted by Crippen LogP contribution is -2.21. The molecule has 0 atom stereocenters. The van der Waals surface area contributed by atoms with Gasteiger partial charge in [0.1, 0.15) is 0 Å². The zero-order valence-corrected chi connectivity index (χ0v) is 54.1. The van der Waals surface area contributed by atoms with Gasteiger partial charge in [-0.2, -0.15) is 0 Å². The second kappa shape index (κ2) is 24.0. The van der Waals surface area contributed by atoms with Crippen molar-refractivity contribution >= 4 is 89.4 Å². The Hall–Kier alpha value is -10.5. The van der Waals surface area contributed by atoms with Gasteiger partial charge in [0.05, 0.1) is 22.7 Å². The molecule has 92 heavy (non-hydrogen) atoms. The van der Waals surface area contributed by atoms with Crippen LogP contribution in [0.15, 0.2) is 315 Å². The molecule has 0 saturated heterocycles. The summed E-state index contributed by atoms with van der Waals surface area (Å²) in [6.07, 6.45) is 4.49. The Morgan fingerprint density at radius 3 is 0.609 bits per heavy atom. The molecule has 0 saturated carbocycles. The Labute approximate surface area is 544 Å². The van der Waals surface area contributed by atoms with Crippen LogP contribution in [0.25, 0.3) is 55.2 Å². The van der Waals surface area contributed by atoms with Gasteiger partial charge in [-0.05, 0) is 126 Å². The highest BCUT2D eigenvalue weighted by molar-refractivity contribution is 6.09. The van der Waals surface area contributed by atoms with Gasteiger partial charge in [0.2, 0.25) is 0 Å². The first-order chi connectivity index (χ1) is 44.7. The summed E-state index contributed by atoms with van der Waals surface area (Å²) in [6, 6.07) is 117. The lowest BCUT2D eigenvalue weighted by Gasteiger charge is -2.33. The summed E-state index contributed by atoms with van der Waals surface area (Å²) >= 11 is 0. The van der Waals surface area contributed by atoms with Crippen molar-refractivity contribution in [3.63, 3.8) is 0 Å². The molecule has 14 aromatic carbocycles. The zero-order chi connectivity index (χ0) is 63.2. The minimum atomic E-state index is -0.237. The van der Waals surface area contributed by atoms with Crippen LogP contribution in [0.3, 0.4) is 0 Å². The normalized spacial score (nSPS) is 12.3. The fourth-order valence-electron chi connectivity index (χ4n) is 14.6. The van der Waals surface area contributed by atoms with Gasteiger partial charge in [-0.15, -0.1) is 0 Å². The predicted octanol–water partition coefficient (Wildman–Crippen LogP) is 24.7. The van der Waals surface area contributed by atoms with Crippen LogP contribution in [0.1, 0.15) is 111 Å². The highest BCUT2D eigenvalue weighted by Crippen LogP contribution is 2.50. The Morgan fingerprint density at radius 2 is 0.391 bits per heavy atom. The fraction of sp³-hybridized carbons (Fsp3) is 0.133. The van der Waals surface area contributed by atoms with E-state index in [2.05, 4.69) is 393 Å². The molecular formula is C90H78N2. The molecule has 0 heterocycles. The van der Waals surface area contributed by atoms with E-state index in [1.165, 1.54) is 87.6 Å². The number of anilines is 6. The van der Waals surface area contributed by atoms with E-state index >= 15 is 0 Å². The molecule has 0 aromatic heterocycles. The van der Waals surface area contributed by atoms with Crippen molar-refractivity contribution in [3.8, 4) is 0 Å². The lowest BCUT2D eigenvalue weighted by molar-refractivity contribution is 0.647. The Morgan fingerprint density at radius 1 is 0.196 bits per heavy atom. The van der Waals surface area contributed by atoms with E-state index in [1.807, 2.05) is 0 Å². The van der Waals surface area contributed by atoms with E-state index < -0.39 is 0 Å². The fourth-order valence-corrected chi connectivity index (χ4v) is 14.6. The molecule has 0 aliphatic carbocycles. The summed E-state index contributed by atoms with van der Waals surface area (Å²) in [5, 5.41) is 9.77. The van der Waals surface area contributed by atoms with Gasteiger partial charge in [0, 0.05) is 54.6 Å². The molecule has 0 radical (unpaired) electrons. The molecule has 0 unspecified atom stereocenters. The second-order valence-corrected chi connectivity index (χ2v) is 26.9. The summed E-state index contributed by atoms with van der Waals surface area (Å²) in [6.45, 7) is 18.8. The highest BCUT2D eigenvalue weighted by Gasteiger charge is 2.32. The number of benzene rings is 14. The Bertz CT molecular complexity index is 4410. The molecule has 448 valence electrons. The van der Waals surface area contributed by atoms with Crippen LogP contribution in [-0.4, -0.2) is 0 Å². The molecule has 14 aromatic rings. The van der Waals surface area contributed by atoms with Crippen LogP contribution >= 0.6 is 0 Å². The maximum atomic E-state index is 2.49. The van der Waals surface area contributed by atoms with Crippen LogP contribution < -0.4 is 9.80 Å². The van der Waals surface area contributed by atoms with Crippen LogP contribution in [0.4, 0.5) is 34.1 Å². The molecule has 2 nitrogen and oxygen atoms in total. The first kappa shape index (κ1) is 59.1. The summed E-state index contributed by atoms with van der Waals surface area (Å²) in [7, 11) is 0. The van der Waals surface area contributed by atoms with Crippen molar-refractivity contribution in [2.75, 3.05) is 9.80 Å². The van der Waals surface area contributed by atoms with Gasteiger partial charge in [-0.1, -0.05) is 334 Å². The molecule has 2 heteroatoms. The average molecular weight is 1190 g/mol. The van der Waals surface area contributed by atoms with E-state index in [-0.39, 0.29) is 21.7 Å². The third-order valence-corrected chi connectivity index (χ3v) is 20.0. The summed E-state index contributed by atoms with van der Waals surface area (Å²) in [5.41, 5.74) is 18.3. The average Bonchev–Trinajstić information content (AvgIpc) is 0.818. The van der Waals surface area contributed by atoms with Crippen molar-refractivity contribution in [3.05, 3.63) is 371 Å². The van der Waals surface area contributed by atoms with E-state index in [4.69, 9.17) is 0 Å². The van der Waals surface area contributed by atoms with Crippen LogP contribution in [0, 0.1) is 0 Å². The minimum absolute atomic E-state index is 0.237. The predicted molar refractivity (Wildman–Crippen MR) is 395 cm³/mol. The molecule has 0 amide bonds. The van der Waals surface area contributed by atoms with Gasteiger partial charge in [0.25, 0.3) is 0 Å². The number of rotatable bonds is 16. The van der Waals surface area contributed by atoms with E-state index in [1.54, 1.807) is 0 Å². The minimum Gasteiger partial charge on any atom is -0.309 e. The maximum absolute atomic E-state index is 2.49. The van der Waals surface area contributed by atoms with Crippen molar-refractivity contribution in [2.45, 2.75) is 77.0 Å². The molecule has 0 aliphatic rings. The molecular weight excluding hydrogens is 1110 g/mol. The van der Waals surface area contributed by atoms with Crippen molar-refractivity contribution in [2.24, 2.45) is 0 Å². The number of hydrogen-bond acceptors (Lipinski definition) is 2. The maximum Gasteiger partial charge on any atom is 0.0540 e. The van der Waals surface area contributed by atoms with Gasteiger partial charge >= 0.3 is 0 Å².